The number of nitriles is 1. The average Bonchev–Trinajstić information content (AvgIpc) is 2.87. The molecular formula is C29H32Cl2N3O2+. The first-order valence-corrected chi connectivity index (χ1v) is 12.8. The summed E-state index contributed by atoms with van der Waals surface area (Å²) in [4.78, 5) is 4.82. The van der Waals surface area contributed by atoms with Gasteiger partial charge in [0, 0.05) is 50.6 Å². The van der Waals surface area contributed by atoms with Crippen LogP contribution in [0.2, 0.25) is 10.0 Å². The van der Waals surface area contributed by atoms with Crippen LogP contribution < -0.4 is 9.64 Å². The number of hydrogen-bond donors (Lipinski definition) is 0. The molecule has 3 aromatic carbocycles. The Morgan fingerprint density at radius 1 is 1.06 bits per heavy atom. The number of hydrogen-bond acceptors (Lipinski definition) is 4. The predicted molar refractivity (Wildman–Crippen MR) is 147 cm³/mol. The van der Waals surface area contributed by atoms with E-state index in [1.165, 1.54) is 11.1 Å². The highest BCUT2D eigenvalue weighted by Crippen LogP contribution is 2.39. The maximum atomic E-state index is 9.14. The SMILES string of the molecule is C[C@H](c1ccc(C#N)cc1)N1CCN(c2ccc(OCC(C)(C)[OH2+])cc2Cl)[C@H](c2ccc(Cl)cc2)C1. The lowest BCUT2D eigenvalue weighted by atomic mass is 9.98. The van der Waals surface area contributed by atoms with Crippen molar-refractivity contribution in [2.45, 2.75) is 38.5 Å². The Morgan fingerprint density at radius 2 is 1.75 bits per heavy atom. The minimum absolute atomic E-state index is 0.0771. The fourth-order valence-corrected chi connectivity index (χ4v) is 4.94. The lowest BCUT2D eigenvalue weighted by Gasteiger charge is -2.45. The van der Waals surface area contributed by atoms with Gasteiger partial charge in [0.2, 0.25) is 0 Å². The van der Waals surface area contributed by atoms with Crippen molar-refractivity contribution in [2.75, 3.05) is 31.1 Å². The van der Waals surface area contributed by atoms with Gasteiger partial charge < -0.3 is 14.7 Å². The number of ether oxygens (including phenoxy) is 1. The van der Waals surface area contributed by atoms with Crippen LogP contribution in [-0.2, 0) is 0 Å². The second-order valence-corrected chi connectivity index (χ2v) is 10.8. The number of piperazine rings is 1. The zero-order valence-electron chi connectivity index (χ0n) is 20.8. The van der Waals surface area contributed by atoms with Crippen molar-refractivity contribution < 1.29 is 9.84 Å². The average molecular weight is 526 g/mol. The van der Waals surface area contributed by atoms with Gasteiger partial charge in [-0.1, -0.05) is 47.5 Å². The summed E-state index contributed by atoms with van der Waals surface area (Å²) in [5.74, 6) is 0.667. The Labute approximate surface area is 223 Å². The largest absolute Gasteiger partial charge is 0.485 e. The Balaban J connectivity index is 1.60. The van der Waals surface area contributed by atoms with Gasteiger partial charge in [0.25, 0.3) is 0 Å². The molecule has 0 aliphatic carbocycles. The third-order valence-corrected chi connectivity index (χ3v) is 7.12. The Hall–Kier alpha value is -2.75. The van der Waals surface area contributed by atoms with Gasteiger partial charge in [-0.2, -0.15) is 5.26 Å². The first-order chi connectivity index (χ1) is 17.1. The van der Waals surface area contributed by atoms with E-state index in [2.05, 4.69) is 34.9 Å². The van der Waals surface area contributed by atoms with Gasteiger partial charge >= 0.3 is 0 Å². The fraction of sp³-hybridized carbons (Fsp3) is 0.345. The van der Waals surface area contributed by atoms with E-state index in [9.17, 15) is 0 Å². The lowest BCUT2D eigenvalue weighted by molar-refractivity contribution is 0.0285. The minimum Gasteiger partial charge on any atom is -0.485 e. The van der Waals surface area contributed by atoms with Crippen molar-refractivity contribution in [3.63, 3.8) is 0 Å². The normalized spacial score (nSPS) is 17.5. The van der Waals surface area contributed by atoms with Crippen LogP contribution >= 0.6 is 23.2 Å². The molecule has 0 amide bonds. The topological polar surface area (TPSA) is 62.4 Å². The fourth-order valence-electron chi connectivity index (χ4n) is 4.54. The minimum atomic E-state index is -0.674. The summed E-state index contributed by atoms with van der Waals surface area (Å²) in [5, 5.41) is 18.5. The second-order valence-electron chi connectivity index (χ2n) is 9.95. The maximum absolute atomic E-state index is 9.14. The molecule has 0 bridgehead atoms. The number of anilines is 1. The molecule has 5 nitrogen and oxygen atoms in total. The Bertz CT molecular complexity index is 1220. The van der Waals surface area contributed by atoms with Crippen molar-refractivity contribution in [3.8, 4) is 11.8 Å². The van der Waals surface area contributed by atoms with E-state index in [0.717, 1.165) is 25.3 Å². The summed E-state index contributed by atoms with van der Waals surface area (Å²) in [6, 6.07) is 24.1. The van der Waals surface area contributed by atoms with Gasteiger partial charge in [-0.15, -0.1) is 0 Å². The molecule has 0 aromatic heterocycles. The molecular weight excluding hydrogens is 493 g/mol. The number of nitrogens with zero attached hydrogens (tertiary/aromatic N) is 3. The van der Waals surface area contributed by atoms with Gasteiger partial charge in [0.05, 0.1) is 28.4 Å². The zero-order chi connectivity index (χ0) is 25.9. The van der Waals surface area contributed by atoms with Crippen molar-refractivity contribution in [2.24, 2.45) is 0 Å². The molecule has 1 fully saturated rings. The molecule has 36 heavy (non-hydrogen) atoms. The van der Waals surface area contributed by atoms with Crippen LogP contribution in [0.4, 0.5) is 5.69 Å². The highest BCUT2D eigenvalue weighted by molar-refractivity contribution is 6.33. The standard InChI is InChI=1S/C29H31Cl2N3O2/c1-20(22-6-4-21(17-32)5-7-22)33-14-15-34(28(18-33)23-8-10-24(30)11-9-23)27-13-12-25(16-26(27)31)36-19-29(2,3)35/h4-13,16,20,28,35H,14-15,18-19H2,1-3H3/p+1/t20-,28+/m1/s1. The van der Waals surface area contributed by atoms with Crippen LogP contribution in [0.1, 0.15) is 49.5 Å². The summed E-state index contributed by atoms with van der Waals surface area (Å²) in [5.41, 5.74) is 3.31. The highest BCUT2D eigenvalue weighted by atomic mass is 35.5. The molecule has 1 aliphatic rings. The second kappa shape index (κ2) is 11.1. The van der Waals surface area contributed by atoms with Crippen molar-refractivity contribution in [1.29, 1.82) is 5.26 Å². The third-order valence-electron chi connectivity index (χ3n) is 6.56. The van der Waals surface area contributed by atoms with Gasteiger partial charge in [0.15, 0.2) is 12.2 Å². The Kier molecular flexibility index (Phi) is 8.12. The molecule has 4 rings (SSSR count). The summed E-state index contributed by atoms with van der Waals surface area (Å²) < 4.78 is 5.80. The molecule has 1 saturated heterocycles. The molecule has 1 aliphatic heterocycles. The van der Waals surface area contributed by atoms with E-state index in [1.54, 1.807) is 0 Å². The van der Waals surface area contributed by atoms with Gasteiger partial charge in [0.1, 0.15) is 5.75 Å². The maximum Gasteiger partial charge on any atom is 0.192 e. The molecule has 0 radical (unpaired) electrons. The Morgan fingerprint density at radius 3 is 2.36 bits per heavy atom. The molecule has 188 valence electrons. The smallest absolute Gasteiger partial charge is 0.192 e. The highest BCUT2D eigenvalue weighted by Gasteiger charge is 2.32. The molecule has 3 aromatic rings. The van der Waals surface area contributed by atoms with E-state index in [4.69, 9.17) is 38.3 Å². The zero-order valence-corrected chi connectivity index (χ0v) is 22.4. The molecule has 1 heterocycles. The monoisotopic (exact) mass is 524 g/mol. The summed E-state index contributed by atoms with van der Waals surface area (Å²) in [7, 11) is 0. The van der Waals surface area contributed by atoms with Crippen LogP contribution in [0.3, 0.4) is 0 Å². The molecule has 0 spiro atoms. The number of rotatable bonds is 7. The molecule has 2 atom stereocenters. The molecule has 7 heteroatoms. The van der Waals surface area contributed by atoms with E-state index in [1.807, 2.05) is 68.4 Å². The van der Waals surface area contributed by atoms with Crippen LogP contribution in [0, 0.1) is 11.3 Å². The van der Waals surface area contributed by atoms with Gasteiger partial charge in [-0.25, -0.2) is 0 Å². The first-order valence-electron chi connectivity index (χ1n) is 12.1. The van der Waals surface area contributed by atoms with Crippen LogP contribution in [0.5, 0.6) is 5.75 Å². The molecule has 0 saturated carbocycles. The van der Waals surface area contributed by atoms with E-state index in [0.29, 0.717) is 28.0 Å². The van der Waals surface area contributed by atoms with Crippen LogP contribution in [0.25, 0.3) is 0 Å². The van der Waals surface area contributed by atoms with Gasteiger partial charge in [-0.05, 0) is 54.4 Å². The predicted octanol–water partition coefficient (Wildman–Crippen LogP) is 6.37. The summed E-state index contributed by atoms with van der Waals surface area (Å²) >= 11 is 13.0. The molecule has 0 unspecified atom stereocenters. The number of halogens is 2. The van der Waals surface area contributed by atoms with Crippen molar-refractivity contribution in [3.05, 3.63) is 93.5 Å². The van der Waals surface area contributed by atoms with Crippen molar-refractivity contribution in [1.82, 2.24) is 4.90 Å². The van der Waals surface area contributed by atoms with E-state index < -0.39 is 5.60 Å². The van der Waals surface area contributed by atoms with E-state index in [-0.39, 0.29) is 12.1 Å². The molecule has 2 N–H and O–H groups in total. The van der Waals surface area contributed by atoms with Gasteiger partial charge in [-0.3, -0.25) is 4.90 Å². The van der Waals surface area contributed by atoms with Crippen LogP contribution in [0.15, 0.2) is 66.7 Å². The van der Waals surface area contributed by atoms with E-state index >= 15 is 0 Å². The van der Waals surface area contributed by atoms with Crippen LogP contribution in [-0.4, -0.2) is 41.8 Å². The third kappa shape index (κ3) is 6.32. The number of benzene rings is 3. The summed E-state index contributed by atoms with van der Waals surface area (Å²) in [6.07, 6.45) is 0. The quantitative estimate of drug-likeness (QED) is 0.336. The lowest BCUT2D eigenvalue weighted by Crippen LogP contribution is -2.49. The summed E-state index contributed by atoms with van der Waals surface area (Å²) in [6.45, 7) is 8.62. The van der Waals surface area contributed by atoms with Crippen molar-refractivity contribution >= 4 is 28.9 Å². The first kappa shape index (κ1) is 26.3.